The summed E-state index contributed by atoms with van der Waals surface area (Å²) in [4.78, 5) is 2.37. The van der Waals surface area contributed by atoms with Crippen LogP contribution in [0.2, 0.25) is 0 Å². The highest BCUT2D eigenvalue weighted by Gasteiger charge is 2.16. The average molecular weight is 478 g/mol. The van der Waals surface area contributed by atoms with E-state index in [1.54, 1.807) is 0 Å². The molecule has 0 radical (unpaired) electrons. The molecule has 0 heterocycles. The molecule has 5 aromatic rings. The largest absolute Gasteiger partial charge is 0.310 e. The predicted octanol–water partition coefficient (Wildman–Crippen LogP) is 9.62. The van der Waals surface area contributed by atoms with Gasteiger partial charge in [0.05, 0.1) is 0 Å². The van der Waals surface area contributed by atoms with Crippen LogP contribution in [0.5, 0.6) is 0 Å². The second kappa shape index (κ2) is 10.7. The molecule has 0 aromatic heterocycles. The number of benzene rings is 5. The zero-order chi connectivity index (χ0) is 24.9. The van der Waals surface area contributed by atoms with Crippen molar-refractivity contribution in [1.82, 2.24) is 0 Å². The van der Waals surface area contributed by atoms with Gasteiger partial charge in [0.25, 0.3) is 0 Å². The fourth-order valence-electron chi connectivity index (χ4n) is 5.34. The lowest BCUT2D eigenvalue weighted by molar-refractivity contribution is 0.685. The molecule has 0 N–H and O–H groups in total. The molecule has 1 nitrogen and oxygen atoms in total. The quantitative estimate of drug-likeness (QED) is 0.220. The predicted molar refractivity (Wildman–Crippen MR) is 158 cm³/mol. The van der Waals surface area contributed by atoms with Gasteiger partial charge in [0.1, 0.15) is 0 Å². The second-order valence-electron chi connectivity index (χ2n) is 9.71. The Kier molecular flexibility index (Phi) is 6.68. The number of hydrogen-bond acceptors (Lipinski definition) is 1. The molecule has 0 unspecified atom stereocenters. The SMILES string of the molecule is C(=C(c1ccccc1)c1ccccc1)c1ccc(N(c2ccccc2)c2ccc3c(c2)CCCC3)cc1. The molecular weight excluding hydrogens is 446 g/mol. The zero-order valence-corrected chi connectivity index (χ0v) is 21.1. The lowest BCUT2D eigenvalue weighted by atomic mass is 9.91. The molecule has 0 atom stereocenters. The Hall–Kier alpha value is -4.36. The van der Waals surface area contributed by atoms with Crippen LogP contribution >= 0.6 is 0 Å². The van der Waals surface area contributed by atoms with Crippen LogP contribution in [0, 0.1) is 0 Å². The van der Waals surface area contributed by atoms with Gasteiger partial charge in [-0.2, -0.15) is 0 Å². The van der Waals surface area contributed by atoms with E-state index >= 15 is 0 Å². The molecule has 1 aliphatic carbocycles. The topological polar surface area (TPSA) is 3.24 Å². The first-order chi connectivity index (χ1) is 18.3. The zero-order valence-electron chi connectivity index (χ0n) is 21.1. The lowest BCUT2D eigenvalue weighted by Crippen LogP contribution is -2.11. The summed E-state index contributed by atoms with van der Waals surface area (Å²) in [5.41, 5.74) is 11.4. The first-order valence-electron chi connectivity index (χ1n) is 13.2. The van der Waals surface area contributed by atoms with Gasteiger partial charge in [-0.3, -0.25) is 0 Å². The number of fused-ring (bicyclic) bond motifs is 1. The molecule has 0 aliphatic heterocycles. The van der Waals surface area contributed by atoms with Crippen molar-refractivity contribution in [3.05, 3.63) is 161 Å². The summed E-state index contributed by atoms with van der Waals surface area (Å²) in [5, 5.41) is 0. The van der Waals surface area contributed by atoms with E-state index in [0.29, 0.717) is 0 Å². The Morgan fingerprint density at radius 3 is 1.62 bits per heavy atom. The third-order valence-corrected chi connectivity index (χ3v) is 7.24. The van der Waals surface area contributed by atoms with Crippen molar-refractivity contribution < 1.29 is 0 Å². The highest BCUT2D eigenvalue weighted by atomic mass is 15.1. The minimum absolute atomic E-state index is 1.17. The molecule has 0 fully saturated rings. The van der Waals surface area contributed by atoms with Crippen LogP contribution in [0.25, 0.3) is 11.6 Å². The van der Waals surface area contributed by atoms with Crippen molar-refractivity contribution in [3.8, 4) is 0 Å². The normalized spacial score (nSPS) is 12.4. The van der Waals surface area contributed by atoms with Crippen LogP contribution in [0.3, 0.4) is 0 Å². The van der Waals surface area contributed by atoms with E-state index in [1.807, 2.05) is 0 Å². The van der Waals surface area contributed by atoms with E-state index in [4.69, 9.17) is 0 Å². The van der Waals surface area contributed by atoms with Crippen LogP contribution in [0.15, 0.2) is 133 Å². The summed E-state index contributed by atoms with van der Waals surface area (Å²) < 4.78 is 0. The highest BCUT2D eigenvalue weighted by Crippen LogP contribution is 2.37. The standard InChI is InChI=1S/C36H31N/c1-4-13-30(14-5-1)36(31-15-6-2-7-16-31)26-28-20-23-34(24-21-28)37(33-18-8-3-9-19-33)35-25-22-29-12-10-11-17-32(29)27-35/h1-9,13-16,18-27H,10-12,17H2. The number of nitrogens with zero attached hydrogens (tertiary/aromatic N) is 1. The van der Waals surface area contributed by atoms with Gasteiger partial charge in [-0.1, -0.05) is 97.1 Å². The van der Waals surface area contributed by atoms with Crippen molar-refractivity contribution in [2.45, 2.75) is 25.7 Å². The average Bonchev–Trinajstić information content (AvgIpc) is 2.98. The molecule has 0 saturated heterocycles. The van der Waals surface area contributed by atoms with Gasteiger partial charge in [-0.15, -0.1) is 0 Å². The van der Waals surface area contributed by atoms with Crippen LogP contribution in [-0.4, -0.2) is 0 Å². The molecule has 0 spiro atoms. The first kappa shape index (κ1) is 23.1. The molecule has 0 saturated carbocycles. The lowest BCUT2D eigenvalue weighted by Gasteiger charge is -2.27. The van der Waals surface area contributed by atoms with Crippen LogP contribution in [0.4, 0.5) is 17.1 Å². The fraction of sp³-hybridized carbons (Fsp3) is 0.111. The molecule has 37 heavy (non-hydrogen) atoms. The number of aryl methyl sites for hydroxylation is 2. The molecule has 5 aromatic carbocycles. The fourth-order valence-corrected chi connectivity index (χ4v) is 5.34. The Morgan fingerprint density at radius 2 is 1.00 bits per heavy atom. The molecule has 6 rings (SSSR count). The van der Waals surface area contributed by atoms with Crippen molar-refractivity contribution in [3.63, 3.8) is 0 Å². The number of para-hydroxylation sites is 1. The summed E-state index contributed by atoms with van der Waals surface area (Å²) >= 11 is 0. The summed E-state index contributed by atoms with van der Waals surface area (Å²) in [5.74, 6) is 0. The number of hydrogen-bond donors (Lipinski definition) is 0. The van der Waals surface area contributed by atoms with Gasteiger partial charge in [0.2, 0.25) is 0 Å². The van der Waals surface area contributed by atoms with Crippen LogP contribution < -0.4 is 4.90 Å². The molecule has 0 bridgehead atoms. The van der Waals surface area contributed by atoms with Crippen LogP contribution in [-0.2, 0) is 12.8 Å². The second-order valence-corrected chi connectivity index (χ2v) is 9.71. The Balaban J connectivity index is 1.39. The van der Waals surface area contributed by atoms with Gasteiger partial charge >= 0.3 is 0 Å². The Morgan fingerprint density at radius 1 is 0.486 bits per heavy atom. The van der Waals surface area contributed by atoms with Gasteiger partial charge in [-0.05, 0) is 102 Å². The van der Waals surface area contributed by atoms with Gasteiger partial charge in [0, 0.05) is 17.1 Å². The van der Waals surface area contributed by atoms with E-state index in [2.05, 4.69) is 144 Å². The highest BCUT2D eigenvalue weighted by molar-refractivity contribution is 5.91. The molecule has 0 amide bonds. The third-order valence-electron chi connectivity index (χ3n) is 7.24. The minimum Gasteiger partial charge on any atom is -0.310 e. The van der Waals surface area contributed by atoms with Crippen molar-refractivity contribution >= 4 is 28.7 Å². The minimum atomic E-state index is 1.17. The van der Waals surface area contributed by atoms with Gasteiger partial charge in [-0.25, -0.2) is 0 Å². The van der Waals surface area contributed by atoms with Crippen molar-refractivity contribution in [2.75, 3.05) is 4.90 Å². The van der Waals surface area contributed by atoms with E-state index in [9.17, 15) is 0 Å². The molecule has 1 aliphatic rings. The smallest absolute Gasteiger partial charge is 0.0464 e. The molecule has 1 heteroatoms. The van der Waals surface area contributed by atoms with Crippen LogP contribution in [0.1, 0.15) is 40.7 Å². The first-order valence-corrected chi connectivity index (χ1v) is 13.2. The van der Waals surface area contributed by atoms with Gasteiger partial charge in [0.15, 0.2) is 0 Å². The van der Waals surface area contributed by atoms with Crippen molar-refractivity contribution in [2.24, 2.45) is 0 Å². The summed E-state index contributed by atoms with van der Waals surface area (Å²) in [7, 11) is 0. The maximum absolute atomic E-state index is 2.40. The van der Waals surface area contributed by atoms with E-state index in [0.717, 1.165) is 0 Å². The van der Waals surface area contributed by atoms with Gasteiger partial charge < -0.3 is 4.90 Å². The maximum atomic E-state index is 2.40. The molecule has 180 valence electrons. The summed E-state index contributed by atoms with van der Waals surface area (Å²) in [6, 6.07) is 47.9. The number of rotatable bonds is 6. The van der Waals surface area contributed by atoms with Crippen molar-refractivity contribution in [1.29, 1.82) is 0 Å². The Bertz CT molecular complexity index is 1440. The van der Waals surface area contributed by atoms with E-state index < -0.39 is 0 Å². The Labute approximate surface area is 220 Å². The van der Waals surface area contributed by atoms with E-state index in [1.165, 1.54) is 76.1 Å². The number of anilines is 3. The summed E-state index contributed by atoms with van der Waals surface area (Å²) in [6.07, 6.45) is 7.26. The molecular formula is C36H31N. The van der Waals surface area contributed by atoms with E-state index in [-0.39, 0.29) is 0 Å². The summed E-state index contributed by atoms with van der Waals surface area (Å²) in [6.45, 7) is 0. The maximum Gasteiger partial charge on any atom is 0.0464 e. The third kappa shape index (κ3) is 5.13. The monoisotopic (exact) mass is 477 g/mol.